The van der Waals surface area contributed by atoms with Gasteiger partial charge >= 0.3 is 12.1 Å². The number of thioether (sulfide) groups is 2. The zero-order valence-corrected chi connectivity index (χ0v) is 25.8. The molecule has 1 aliphatic heterocycles. The van der Waals surface area contributed by atoms with E-state index < -0.39 is 29.6 Å². The molecule has 0 aliphatic carbocycles. The lowest BCUT2D eigenvalue weighted by molar-refractivity contribution is -0.139. The van der Waals surface area contributed by atoms with Gasteiger partial charge in [0.2, 0.25) is 0 Å². The largest absolute Gasteiger partial charge is 0.480 e. The molecule has 2 aromatic rings. The van der Waals surface area contributed by atoms with Crippen LogP contribution in [0.4, 0.5) is 10.5 Å². The van der Waals surface area contributed by atoms with E-state index >= 15 is 0 Å². The molecule has 3 rings (SSSR count). The van der Waals surface area contributed by atoms with E-state index in [1.807, 2.05) is 36.6 Å². The van der Waals surface area contributed by atoms with Crippen LogP contribution in [0.5, 0.6) is 0 Å². The molecule has 1 saturated heterocycles. The highest BCUT2D eigenvalue weighted by Gasteiger charge is 2.32. The molecule has 1 aliphatic rings. The SMILES string of the molecule is CSCC[C@H](NC(=O)c1ccc(N(C[C@@H]2C[C@H](SC(C)=O)CN2)C(=O)OC(C)(C)C)cc1-c1ccccc1)C(=O)O. The molecule has 0 bridgehead atoms. The first-order valence-electron chi connectivity index (χ1n) is 13.5. The number of hydrogen-bond acceptors (Lipinski definition) is 8. The van der Waals surface area contributed by atoms with Crippen molar-refractivity contribution in [3.05, 3.63) is 54.1 Å². The first-order chi connectivity index (χ1) is 19.4. The molecular formula is C30H39N3O6S2. The number of carboxylic acids is 1. The highest BCUT2D eigenvalue weighted by atomic mass is 32.2. The summed E-state index contributed by atoms with van der Waals surface area (Å²) in [4.78, 5) is 51.8. The predicted molar refractivity (Wildman–Crippen MR) is 166 cm³/mol. The second kappa shape index (κ2) is 14.7. The third-order valence-corrected chi connectivity index (χ3v) is 8.06. The van der Waals surface area contributed by atoms with E-state index in [0.717, 1.165) is 5.56 Å². The average Bonchev–Trinajstić information content (AvgIpc) is 3.34. The van der Waals surface area contributed by atoms with E-state index in [2.05, 4.69) is 10.6 Å². The van der Waals surface area contributed by atoms with Gasteiger partial charge in [0.25, 0.3) is 5.91 Å². The van der Waals surface area contributed by atoms with Gasteiger partial charge in [0, 0.05) is 42.6 Å². The molecule has 41 heavy (non-hydrogen) atoms. The van der Waals surface area contributed by atoms with E-state index in [4.69, 9.17) is 4.74 Å². The van der Waals surface area contributed by atoms with Crippen molar-refractivity contribution in [1.29, 1.82) is 0 Å². The Balaban J connectivity index is 1.99. The highest BCUT2D eigenvalue weighted by Crippen LogP contribution is 2.31. The minimum absolute atomic E-state index is 0.0569. The average molecular weight is 602 g/mol. The Hall–Kier alpha value is -3.02. The maximum absolute atomic E-state index is 13.5. The standard InChI is InChI=1S/C30H39N3O6S2/c1-19(34)41-23-15-21(31-17-23)18-33(29(38)39-30(2,3)4)22-11-12-24(25(16-22)20-9-7-6-8-10-20)27(35)32-26(28(36)37)13-14-40-5/h6-12,16,21,23,26,31H,13-15,17-18H2,1-5H3,(H,32,35)(H,36,37)/t21-,23-,26-/m0/s1. The number of carbonyl (C=O) groups is 4. The molecule has 3 atom stereocenters. The van der Waals surface area contributed by atoms with Gasteiger partial charge in [-0.05, 0) is 74.9 Å². The van der Waals surface area contributed by atoms with Gasteiger partial charge in [-0.3, -0.25) is 14.5 Å². The molecule has 11 heteroatoms. The Morgan fingerprint density at radius 3 is 2.46 bits per heavy atom. The fourth-order valence-corrected chi connectivity index (χ4v) is 6.00. The lowest BCUT2D eigenvalue weighted by Gasteiger charge is -2.30. The Bertz CT molecular complexity index is 1230. The summed E-state index contributed by atoms with van der Waals surface area (Å²) in [5.41, 5.74) is 1.42. The van der Waals surface area contributed by atoms with Crippen LogP contribution in [0, 0.1) is 0 Å². The van der Waals surface area contributed by atoms with Crippen molar-refractivity contribution in [3.8, 4) is 11.1 Å². The molecule has 2 amide bonds. The summed E-state index contributed by atoms with van der Waals surface area (Å²) in [6.07, 6.45) is 2.36. The summed E-state index contributed by atoms with van der Waals surface area (Å²) >= 11 is 2.81. The Kier molecular flexibility index (Phi) is 11.7. The van der Waals surface area contributed by atoms with E-state index in [0.29, 0.717) is 48.5 Å². The Labute approximate surface area is 250 Å². The van der Waals surface area contributed by atoms with Crippen LogP contribution in [0.2, 0.25) is 0 Å². The summed E-state index contributed by atoms with van der Waals surface area (Å²) in [6.45, 7) is 7.92. The normalized spacial score (nSPS) is 17.5. The van der Waals surface area contributed by atoms with Gasteiger partial charge in [0.05, 0.1) is 0 Å². The minimum atomic E-state index is -1.09. The number of carbonyl (C=O) groups excluding carboxylic acids is 3. The van der Waals surface area contributed by atoms with E-state index in [1.165, 1.54) is 23.5 Å². The molecule has 1 fully saturated rings. The number of hydrogen-bond donors (Lipinski definition) is 3. The maximum atomic E-state index is 13.5. The van der Waals surface area contributed by atoms with Crippen LogP contribution in [0.3, 0.4) is 0 Å². The van der Waals surface area contributed by atoms with Crippen molar-refractivity contribution >= 4 is 52.3 Å². The van der Waals surface area contributed by atoms with Crippen LogP contribution in [0.25, 0.3) is 11.1 Å². The smallest absolute Gasteiger partial charge is 0.414 e. The van der Waals surface area contributed by atoms with E-state index in [1.54, 1.807) is 50.8 Å². The summed E-state index contributed by atoms with van der Waals surface area (Å²) in [5, 5.41) is 15.9. The molecule has 222 valence electrons. The highest BCUT2D eigenvalue weighted by molar-refractivity contribution is 8.14. The number of nitrogens with one attached hydrogen (secondary N) is 2. The Morgan fingerprint density at radius 2 is 1.85 bits per heavy atom. The molecule has 3 N–H and O–H groups in total. The zero-order valence-electron chi connectivity index (χ0n) is 24.1. The van der Waals surface area contributed by atoms with Gasteiger partial charge in [-0.15, -0.1) is 0 Å². The molecule has 0 aromatic heterocycles. The van der Waals surface area contributed by atoms with Crippen molar-refractivity contribution in [3.63, 3.8) is 0 Å². The predicted octanol–water partition coefficient (Wildman–Crippen LogP) is 5.04. The summed E-state index contributed by atoms with van der Waals surface area (Å²) in [7, 11) is 0. The molecule has 0 spiro atoms. The van der Waals surface area contributed by atoms with Gasteiger partial charge in [-0.25, -0.2) is 9.59 Å². The van der Waals surface area contributed by atoms with Crippen LogP contribution < -0.4 is 15.5 Å². The first-order valence-corrected chi connectivity index (χ1v) is 15.8. The van der Waals surface area contributed by atoms with E-state index in [-0.39, 0.29) is 16.4 Å². The molecule has 0 saturated carbocycles. The minimum Gasteiger partial charge on any atom is -0.480 e. The monoisotopic (exact) mass is 601 g/mol. The lowest BCUT2D eigenvalue weighted by Crippen LogP contribution is -2.44. The number of nitrogens with zero attached hydrogens (tertiary/aromatic N) is 1. The van der Waals surface area contributed by atoms with Crippen molar-refractivity contribution in [1.82, 2.24) is 10.6 Å². The maximum Gasteiger partial charge on any atom is 0.414 e. The van der Waals surface area contributed by atoms with Crippen LogP contribution in [0.1, 0.15) is 50.9 Å². The van der Waals surface area contributed by atoms with Gasteiger partial charge in [0.1, 0.15) is 11.6 Å². The number of amides is 2. The third-order valence-electron chi connectivity index (χ3n) is 6.39. The lowest BCUT2D eigenvalue weighted by atomic mass is 9.97. The quantitative estimate of drug-likeness (QED) is 0.325. The molecular weight excluding hydrogens is 562 g/mol. The third kappa shape index (κ3) is 9.79. The second-order valence-electron chi connectivity index (χ2n) is 10.9. The molecule has 2 aromatic carbocycles. The Morgan fingerprint density at radius 1 is 1.15 bits per heavy atom. The number of aliphatic carboxylic acids is 1. The first kappa shape index (κ1) is 32.5. The number of carboxylic acid groups (broad SMARTS) is 1. The zero-order chi connectivity index (χ0) is 30.2. The fraction of sp³-hybridized carbons (Fsp3) is 0.467. The molecule has 0 unspecified atom stereocenters. The van der Waals surface area contributed by atoms with Crippen molar-refractivity contribution in [2.75, 3.05) is 30.0 Å². The van der Waals surface area contributed by atoms with Gasteiger partial charge in [0.15, 0.2) is 5.12 Å². The molecule has 9 nitrogen and oxygen atoms in total. The number of anilines is 1. The summed E-state index contributed by atoms with van der Waals surface area (Å²) in [6, 6.07) is 13.3. The van der Waals surface area contributed by atoms with Gasteiger partial charge < -0.3 is 20.5 Å². The van der Waals surface area contributed by atoms with Crippen LogP contribution in [-0.4, -0.2) is 76.2 Å². The van der Waals surface area contributed by atoms with Crippen molar-refractivity contribution in [2.45, 2.75) is 63.5 Å². The molecule has 0 radical (unpaired) electrons. The second-order valence-corrected chi connectivity index (χ2v) is 13.4. The number of benzene rings is 2. The van der Waals surface area contributed by atoms with Crippen molar-refractivity contribution < 1.29 is 29.0 Å². The van der Waals surface area contributed by atoms with Crippen molar-refractivity contribution in [2.24, 2.45) is 0 Å². The van der Waals surface area contributed by atoms with Gasteiger partial charge in [-0.1, -0.05) is 42.1 Å². The van der Waals surface area contributed by atoms with Crippen LogP contribution in [-0.2, 0) is 14.3 Å². The summed E-state index contributed by atoms with van der Waals surface area (Å²) in [5.74, 6) is -1.01. The molecule has 1 heterocycles. The summed E-state index contributed by atoms with van der Waals surface area (Å²) < 4.78 is 5.75. The van der Waals surface area contributed by atoms with E-state index in [9.17, 15) is 24.3 Å². The van der Waals surface area contributed by atoms with Gasteiger partial charge in [-0.2, -0.15) is 11.8 Å². The van der Waals surface area contributed by atoms with Crippen LogP contribution in [0.15, 0.2) is 48.5 Å². The number of ether oxygens (including phenoxy) is 1. The number of rotatable bonds is 11. The fourth-order valence-electron chi connectivity index (χ4n) is 4.55. The van der Waals surface area contributed by atoms with Crippen LogP contribution >= 0.6 is 23.5 Å². The topological polar surface area (TPSA) is 125 Å².